The van der Waals surface area contributed by atoms with Crippen molar-refractivity contribution in [3.63, 3.8) is 0 Å². The van der Waals surface area contributed by atoms with Crippen molar-refractivity contribution in [2.24, 2.45) is 4.99 Å². The van der Waals surface area contributed by atoms with Gasteiger partial charge < -0.3 is 15.4 Å². The Hall–Kier alpha value is -1.16. The van der Waals surface area contributed by atoms with Gasteiger partial charge in [-0.15, -0.1) is 24.0 Å². The molecule has 5 nitrogen and oxygen atoms in total. The molecule has 0 saturated carbocycles. The van der Waals surface area contributed by atoms with Gasteiger partial charge in [0.1, 0.15) is 0 Å². The number of aliphatic imine (C=N–C) groups is 1. The maximum absolute atomic E-state index is 5.43. The Morgan fingerprint density at radius 2 is 2.00 bits per heavy atom. The van der Waals surface area contributed by atoms with Crippen molar-refractivity contribution in [1.82, 2.24) is 15.5 Å². The minimum Gasteiger partial charge on any atom is -0.379 e. The van der Waals surface area contributed by atoms with Crippen molar-refractivity contribution in [2.45, 2.75) is 25.9 Å². The third-order valence-corrected chi connectivity index (χ3v) is 5.57. The van der Waals surface area contributed by atoms with E-state index in [0.29, 0.717) is 5.92 Å². The molecule has 154 valence electrons. The van der Waals surface area contributed by atoms with Gasteiger partial charge in [-0.05, 0) is 39.4 Å². The van der Waals surface area contributed by atoms with Crippen LogP contribution in [0, 0.1) is 0 Å². The van der Waals surface area contributed by atoms with Crippen molar-refractivity contribution in [1.29, 1.82) is 0 Å². The van der Waals surface area contributed by atoms with Gasteiger partial charge in [-0.2, -0.15) is 11.3 Å². The highest BCUT2D eigenvalue weighted by Crippen LogP contribution is 2.17. The highest BCUT2D eigenvalue weighted by atomic mass is 127. The number of thiophene rings is 1. The molecule has 1 aromatic carbocycles. The van der Waals surface area contributed by atoms with Crippen LogP contribution in [0.15, 0.2) is 46.1 Å². The van der Waals surface area contributed by atoms with Gasteiger partial charge in [0.15, 0.2) is 5.96 Å². The molecule has 0 bridgehead atoms. The summed E-state index contributed by atoms with van der Waals surface area (Å²) in [6.07, 6.45) is 0. The Morgan fingerprint density at radius 3 is 2.71 bits per heavy atom. The molecule has 2 aromatic rings. The second kappa shape index (κ2) is 12.4. The van der Waals surface area contributed by atoms with Gasteiger partial charge in [-0.3, -0.25) is 9.89 Å². The number of hydrogen-bond acceptors (Lipinski definition) is 4. The zero-order chi connectivity index (χ0) is 18.9. The van der Waals surface area contributed by atoms with E-state index in [0.717, 1.165) is 51.9 Å². The van der Waals surface area contributed by atoms with Crippen molar-refractivity contribution in [2.75, 3.05) is 39.9 Å². The Kier molecular flexibility index (Phi) is 10.3. The summed E-state index contributed by atoms with van der Waals surface area (Å²) in [6.45, 7) is 8.57. The molecule has 28 heavy (non-hydrogen) atoms. The number of nitrogens with one attached hydrogen (secondary N) is 2. The normalized spacial score (nSPS) is 16.3. The Morgan fingerprint density at radius 1 is 1.21 bits per heavy atom. The molecular formula is C21H31IN4OS. The standard InChI is InChI=1S/C21H30N4OS.HI/c1-17(20-6-11-27-16-20)13-23-21(22-2)24-14-18-4-3-5-19(12-18)15-25-7-9-26-10-8-25;/h3-6,11-12,16-17H,7-10,13-15H2,1-2H3,(H2,22,23,24);1H. The quantitative estimate of drug-likeness (QED) is 0.337. The molecule has 0 aliphatic carbocycles. The maximum Gasteiger partial charge on any atom is 0.191 e. The summed E-state index contributed by atoms with van der Waals surface area (Å²) in [7, 11) is 1.82. The second-order valence-electron chi connectivity index (χ2n) is 6.97. The van der Waals surface area contributed by atoms with Gasteiger partial charge >= 0.3 is 0 Å². The van der Waals surface area contributed by atoms with Gasteiger partial charge in [0, 0.05) is 39.8 Å². The van der Waals surface area contributed by atoms with E-state index in [1.165, 1.54) is 16.7 Å². The number of halogens is 1. The fourth-order valence-corrected chi connectivity index (χ4v) is 3.97. The fourth-order valence-electron chi connectivity index (χ4n) is 3.18. The lowest BCUT2D eigenvalue weighted by molar-refractivity contribution is 0.0342. The lowest BCUT2D eigenvalue weighted by Crippen LogP contribution is -2.38. The molecule has 1 unspecified atom stereocenters. The Bertz CT molecular complexity index is 717. The first-order valence-corrected chi connectivity index (χ1v) is 10.5. The molecule has 1 saturated heterocycles. The van der Waals surface area contributed by atoms with Crippen LogP contribution < -0.4 is 10.6 Å². The molecule has 1 aromatic heterocycles. The van der Waals surface area contributed by atoms with Gasteiger partial charge in [0.05, 0.1) is 13.2 Å². The van der Waals surface area contributed by atoms with E-state index in [4.69, 9.17) is 4.74 Å². The molecular weight excluding hydrogens is 483 g/mol. The average Bonchev–Trinajstić information content (AvgIpc) is 3.24. The lowest BCUT2D eigenvalue weighted by Gasteiger charge is -2.26. The van der Waals surface area contributed by atoms with Crippen LogP contribution in [0.1, 0.15) is 29.5 Å². The lowest BCUT2D eigenvalue weighted by atomic mass is 10.1. The van der Waals surface area contributed by atoms with E-state index in [2.05, 4.69) is 68.5 Å². The third kappa shape index (κ3) is 7.35. The zero-order valence-electron chi connectivity index (χ0n) is 16.7. The van der Waals surface area contributed by atoms with Crippen LogP contribution in [-0.2, 0) is 17.8 Å². The molecule has 1 fully saturated rings. The predicted molar refractivity (Wildman–Crippen MR) is 129 cm³/mol. The molecule has 0 amide bonds. The number of hydrogen-bond donors (Lipinski definition) is 2. The molecule has 0 radical (unpaired) electrons. The largest absolute Gasteiger partial charge is 0.379 e. The summed E-state index contributed by atoms with van der Waals surface area (Å²) in [4.78, 5) is 6.79. The monoisotopic (exact) mass is 514 g/mol. The van der Waals surface area contributed by atoms with E-state index in [1.807, 2.05) is 7.05 Å². The van der Waals surface area contributed by atoms with E-state index in [9.17, 15) is 0 Å². The topological polar surface area (TPSA) is 48.9 Å². The number of nitrogens with zero attached hydrogens (tertiary/aromatic N) is 2. The molecule has 1 atom stereocenters. The molecule has 2 heterocycles. The smallest absolute Gasteiger partial charge is 0.191 e. The van der Waals surface area contributed by atoms with Gasteiger partial charge in [0.25, 0.3) is 0 Å². The summed E-state index contributed by atoms with van der Waals surface area (Å²) in [5, 5.41) is 11.2. The van der Waals surface area contributed by atoms with Crippen molar-refractivity contribution in [3.05, 3.63) is 57.8 Å². The first kappa shape index (κ1) is 23.1. The number of guanidine groups is 1. The molecule has 1 aliphatic rings. The average molecular weight is 514 g/mol. The molecule has 0 spiro atoms. The van der Waals surface area contributed by atoms with Crippen molar-refractivity contribution in [3.8, 4) is 0 Å². The minimum atomic E-state index is 0. The van der Waals surface area contributed by atoms with Gasteiger partial charge in [0.2, 0.25) is 0 Å². The fraction of sp³-hybridized carbons (Fsp3) is 0.476. The highest BCUT2D eigenvalue weighted by Gasteiger charge is 2.11. The first-order valence-electron chi connectivity index (χ1n) is 9.59. The third-order valence-electron chi connectivity index (χ3n) is 4.87. The van der Waals surface area contributed by atoms with Crippen LogP contribution >= 0.6 is 35.3 Å². The summed E-state index contributed by atoms with van der Waals surface area (Å²) < 4.78 is 5.43. The minimum absolute atomic E-state index is 0. The number of benzene rings is 1. The van der Waals surface area contributed by atoms with Crippen LogP contribution in [0.5, 0.6) is 0 Å². The van der Waals surface area contributed by atoms with Crippen LogP contribution in [0.2, 0.25) is 0 Å². The molecule has 7 heteroatoms. The Balaban J connectivity index is 0.00000280. The van der Waals surface area contributed by atoms with E-state index in [1.54, 1.807) is 11.3 Å². The number of ether oxygens (including phenoxy) is 1. The second-order valence-corrected chi connectivity index (χ2v) is 7.75. The van der Waals surface area contributed by atoms with E-state index < -0.39 is 0 Å². The van der Waals surface area contributed by atoms with Crippen LogP contribution in [0.3, 0.4) is 0 Å². The van der Waals surface area contributed by atoms with Crippen LogP contribution in [0.4, 0.5) is 0 Å². The Labute approximate surface area is 189 Å². The summed E-state index contributed by atoms with van der Waals surface area (Å²) in [6, 6.07) is 11.0. The zero-order valence-corrected chi connectivity index (χ0v) is 19.8. The number of morpholine rings is 1. The summed E-state index contributed by atoms with van der Waals surface area (Å²) in [5.74, 6) is 1.31. The SMILES string of the molecule is CN=C(NCc1cccc(CN2CCOCC2)c1)NCC(C)c1ccsc1.I. The van der Waals surface area contributed by atoms with Gasteiger partial charge in [-0.1, -0.05) is 31.2 Å². The maximum atomic E-state index is 5.43. The predicted octanol–water partition coefficient (Wildman–Crippen LogP) is 3.67. The van der Waals surface area contributed by atoms with Crippen molar-refractivity contribution >= 4 is 41.3 Å². The summed E-state index contributed by atoms with van der Waals surface area (Å²) in [5.41, 5.74) is 4.00. The van der Waals surface area contributed by atoms with E-state index >= 15 is 0 Å². The molecule has 2 N–H and O–H groups in total. The molecule has 1 aliphatic heterocycles. The van der Waals surface area contributed by atoms with Gasteiger partial charge in [-0.25, -0.2) is 0 Å². The van der Waals surface area contributed by atoms with Crippen LogP contribution in [-0.4, -0.2) is 50.8 Å². The first-order chi connectivity index (χ1) is 13.2. The van der Waals surface area contributed by atoms with E-state index in [-0.39, 0.29) is 24.0 Å². The van der Waals surface area contributed by atoms with Crippen LogP contribution in [0.25, 0.3) is 0 Å². The molecule has 3 rings (SSSR count). The number of rotatable bonds is 7. The van der Waals surface area contributed by atoms with Crippen molar-refractivity contribution < 1.29 is 4.74 Å². The highest BCUT2D eigenvalue weighted by molar-refractivity contribution is 14.0. The summed E-state index contributed by atoms with van der Waals surface area (Å²) >= 11 is 1.75.